The normalized spacial score (nSPS) is 15.0. The fourth-order valence-electron chi connectivity index (χ4n) is 4.47. The van der Waals surface area contributed by atoms with Crippen molar-refractivity contribution in [3.05, 3.63) is 114 Å². The largest absolute Gasteiger partial charge is 0.376 e. The van der Waals surface area contributed by atoms with Crippen LogP contribution in [0.4, 0.5) is 5.69 Å². The van der Waals surface area contributed by atoms with Gasteiger partial charge in [0.25, 0.3) is 11.8 Å². The topological polar surface area (TPSA) is 65.0 Å². The average Bonchev–Trinajstić information content (AvgIpc) is 3.37. The number of nitrogens with one attached hydrogen (secondary N) is 1. The van der Waals surface area contributed by atoms with E-state index in [1.165, 1.54) is 10.3 Å². The predicted octanol–water partition coefficient (Wildman–Crippen LogP) is 5.33. The number of carbonyl (C=O) groups excluding carboxylic acids is 2. The summed E-state index contributed by atoms with van der Waals surface area (Å²) in [5.41, 5.74) is 4.35. The van der Waals surface area contributed by atoms with E-state index in [1.807, 2.05) is 54.6 Å². The van der Waals surface area contributed by atoms with E-state index in [9.17, 15) is 9.59 Å². The maximum Gasteiger partial charge on any atom is 0.262 e. The summed E-state index contributed by atoms with van der Waals surface area (Å²) in [6.45, 7) is 0.0960. The number of fused-ring (bicyclic) bond motifs is 1. The summed E-state index contributed by atoms with van der Waals surface area (Å²) in [6, 6.07) is 31.6. The number of anilines is 1. The molecule has 0 saturated heterocycles. The molecule has 1 aliphatic rings. The van der Waals surface area contributed by atoms with Crippen molar-refractivity contribution in [3.8, 4) is 0 Å². The number of carbonyl (C=O) groups is 2. The molecule has 1 N–H and O–H groups in total. The molecule has 0 radical (unpaired) electrons. The molecule has 1 aliphatic heterocycles. The van der Waals surface area contributed by atoms with Gasteiger partial charge in [0.1, 0.15) is 0 Å². The van der Waals surface area contributed by atoms with Gasteiger partial charge in [0.05, 0.1) is 18.3 Å². The van der Waals surface area contributed by atoms with Crippen LogP contribution < -0.4 is 5.32 Å². The fourth-order valence-corrected chi connectivity index (χ4v) is 4.47. The first-order chi connectivity index (χ1) is 17.5. The van der Waals surface area contributed by atoms with Gasteiger partial charge in [-0.3, -0.25) is 9.59 Å². The molecular weight excluding hydrogens is 448 g/mol. The van der Waals surface area contributed by atoms with Crippen LogP contribution in [0.3, 0.4) is 0 Å². The van der Waals surface area contributed by atoms with E-state index in [0.29, 0.717) is 12.0 Å². The minimum atomic E-state index is -0.165. The minimum absolute atomic E-state index is 0.0593. The molecule has 0 bridgehead atoms. The molecule has 6 nitrogen and oxygen atoms in total. The SMILES string of the molecule is CN(C)C(=O)c1ccc(NCC(=O)N2N=C(c3ccc4ccccc4c3)CC2c2ccccc2)cc1. The van der Waals surface area contributed by atoms with Crippen molar-refractivity contribution < 1.29 is 9.59 Å². The van der Waals surface area contributed by atoms with E-state index in [1.54, 1.807) is 31.2 Å². The first-order valence-corrected chi connectivity index (χ1v) is 12.0. The molecule has 0 aliphatic carbocycles. The van der Waals surface area contributed by atoms with Crippen molar-refractivity contribution in [1.29, 1.82) is 0 Å². The van der Waals surface area contributed by atoms with Crippen LogP contribution in [0.2, 0.25) is 0 Å². The Labute approximate surface area is 210 Å². The van der Waals surface area contributed by atoms with Gasteiger partial charge in [-0.2, -0.15) is 5.10 Å². The van der Waals surface area contributed by atoms with Gasteiger partial charge in [-0.1, -0.05) is 66.7 Å². The number of hydrogen-bond acceptors (Lipinski definition) is 4. The van der Waals surface area contributed by atoms with Crippen molar-refractivity contribution >= 4 is 34.0 Å². The number of rotatable bonds is 6. The average molecular weight is 477 g/mol. The molecule has 0 saturated carbocycles. The molecule has 4 aromatic carbocycles. The highest BCUT2D eigenvalue weighted by atomic mass is 16.2. The molecule has 0 fully saturated rings. The zero-order chi connectivity index (χ0) is 25.1. The second kappa shape index (κ2) is 10.0. The standard InChI is InChI=1S/C30H28N4O2/c1-33(2)30(36)23-14-16-26(17-15-23)31-20-29(35)34-28(22-9-4-3-5-10-22)19-27(32-34)25-13-12-21-8-6-7-11-24(21)18-25/h3-18,28,31H,19-20H2,1-2H3. The molecule has 5 rings (SSSR count). The third-order valence-corrected chi connectivity index (χ3v) is 6.41. The van der Waals surface area contributed by atoms with E-state index >= 15 is 0 Å². The summed E-state index contributed by atoms with van der Waals surface area (Å²) in [5.74, 6) is -0.177. The van der Waals surface area contributed by atoms with Crippen molar-refractivity contribution in [1.82, 2.24) is 9.91 Å². The molecule has 0 aromatic heterocycles. The van der Waals surface area contributed by atoms with Crippen molar-refractivity contribution in [2.24, 2.45) is 5.10 Å². The van der Waals surface area contributed by atoms with Crippen molar-refractivity contribution in [3.63, 3.8) is 0 Å². The maximum atomic E-state index is 13.4. The Morgan fingerprint density at radius 1 is 0.889 bits per heavy atom. The lowest BCUT2D eigenvalue weighted by atomic mass is 9.97. The fraction of sp³-hybridized carbons (Fsp3) is 0.167. The monoisotopic (exact) mass is 476 g/mol. The summed E-state index contributed by atoms with van der Waals surface area (Å²) in [4.78, 5) is 27.0. The Bertz CT molecular complexity index is 1430. The Morgan fingerprint density at radius 3 is 2.31 bits per heavy atom. The number of benzene rings is 4. The summed E-state index contributed by atoms with van der Waals surface area (Å²) >= 11 is 0. The van der Waals surface area contributed by atoms with Crippen LogP contribution in [0.5, 0.6) is 0 Å². The lowest BCUT2D eigenvalue weighted by Gasteiger charge is -2.22. The maximum absolute atomic E-state index is 13.4. The van der Waals surface area contributed by atoms with Gasteiger partial charge in [-0.25, -0.2) is 5.01 Å². The first kappa shape index (κ1) is 23.3. The summed E-state index contributed by atoms with van der Waals surface area (Å²) in [5, 5.41) is 11.9. The molecule has 1 heterocycles. The molecule has 2 amide bonds. The molecule has 36 heavy (non-hydrogen) atoms. The van der Waals surface area contributed by atoms with Crippen molar-refractivity contribution in [2.45, 2.75) is 12.5 Å². The number of nitrogens with zero attached hydrogens (tertiary/aromatic N) is 3. The highest BCUT2D eigenvalue weighted by molar-refractivity contribution is 6.05. The zero-order valence-corrected chi connectivity index (χ0v) is 20.4. The number of hydrogen-bond donors (Lipinski definition) is 1. The van der Waals surface area contributed by atoms with Crippen molar-refractivity contribution in [2.75, 3.05) is 26.0 Å². The van der Waals surface area contributed by atoms with Crippen LogP contribution >= 0.6 is 0 Å². The molecule has 4 aromatic rings. The van der Waals surface area contributed by atoms with Crippen LogP contribution in [-0.4, -0.2) is 48.1 Å². The lowest BCUT2D eigenvalue weighted by Crippen LogP contribution is -2.32. The minimum Gasteiger partial charge on any atom is -0.376 e. The van der Waals surface area contributed by atoms with Crippen LogP contribution in [0.25, 0.3) is 10.8 Å². The third-order valence-electron chi connectivity index (χ3n) is 6.41. The second-order valence-corrected chi connectivity index (χ2v) is 9.11. The van der Waals surface area contributed by atoms with E-state index in [4.69, 9.17) is 5.10 Å². The van der Waals surface area contributed by atoms with Gasteiger partial charge in [0, 0.05) is 31.8 Å². The highest BCUT2D eigenvalue weighted by Gasteiger charge is 2.32. The Kier molecular flexibility index (Phi) is 6.50. The van der Waals surface area contributed by atoms with Gasteiger partial charge in [0.2, 0.25) is 0 Å². The van der Waals surface area contributed by atoms with Gasteiger partial charge in [-0.05, 0) is 52.2 Å². The lowest BCUT2D eigenvalue weighted by molar-refractivity contribution is -0.131. The molecular formula is C30H28N4O2. The molecule has 1 atom stereocenters. The second-order valence-electron chi connectivity index (χ2n) is 9.11. The quantitative estimate of drug-likeness (QED) is 0.409. The van der Waals surface area contributed by atoms with E-state index in [-0.39, 0.29) is 24.4 Å². The molecule has 1 unspecified atom stereocenters. The predicted molar refractivity (Wildman–Crippen MR) is 144 cm³/mol. The molecule has 0 spiro atoms. The zero-order valence-electron chi connectivity index (χ0n) is 20.4. The van der Waals surface area contributed by atoms with Gasteiger partial charge >= 0.3 is 0 Å². The molecule has 180 valence electrons. The third kappa shape index (κ3) is 4.84. The smallest absolute Gasteiger partial charge is 0.262 e. The Hall–Kier alpha value is -4.45. The highest BCUT2D eigenvalue weighted by Crippen LogP contribution is 2.33. The van der Waals surface area contributed by atoms with Gasteiger partial charge < -0.3 is 10.2 Å². The van der Waals surface area contributed by atoms with Crippen LogP contribution in [0.1, 0.15) is 33.9 Å². The number of hydrazone groups is 1. The summed E-state index contributed by atoms with van der Waals surface area (Å²) in [7, 11) is 3.44. The van der Waals surface area contributed by atoms with E-state index in [0.717, 1.165) is 27.9 Å². The van der Waals surface area contributed by atoms with Gasteiger partial charge in [-0.15, -0.1) is 0 Å². The number of amides is 2. The van der Waals surface area contributed by atoms with Crippen LogP contribution in [-0.2, 0) is 4.79 Å². The van der Waals surface area contributed by atoms with E-state index in [2.05, 4.69) is 35.6 Å². The van der Waals surface area contributed by atoms with Crippen LogP contribution in [0.15, 0.2) is 102 Å². The summed E-state index contributed by atoms with van der Waals surface area (Å²) < 4.78 is 0. The molecule has 6 heteroatoms. The van der Waals surface area contributed by atoms with Crippen LogP contribution in [0, 0.1) is 0 Å². The first-order valence-electron chi connectivity index (χ1n) is 12.0. The van der Waals surface area contributed by atoms with Gasteiger partial charge in [0.15, 0.2) is 0 Å². The summed E-state index contributed by atoms with van der Waals surface area (Å²) in [6.07, 6.45) is 0.648. The Morgan fingerprint density at radius 2 is 1.58 bits per heavy atom. The Balaban J connectivity index is 1.36. The van der Waals surface area contributed by atoms with E-state index < -0.39 is 0 Å².